The minimum atomic E-state index is 0.393. The summed E-state index contributed by atoms with van der Waals surface area (Å²) >= 11 is 0. The van der Waals surface area contributed by atoms with Crippen molar-refractivity contribution < 1.29 is 0 Å². The van der Waals surface area contributed by atoms with Gasteiger partial charge in [-0.3, -0.25) is 0 Å². The number of hydrogen-bond acceptors (Lipinski definition) is 1. The highest BCUT2D eigenvalue weighted by atomic mass is 14.9. The van der Waals surface area contributed by atoms with Gasteiger partial charge in [-0.1, -0.05) is 44.2 Å². The van der Waals surface area contributed by atoms with Gasteiger partial charge >= 0.3 is 0 Å². The summed E-state index contributed by atoms with van der Waals surface area (Å²) in [5.41, 5.74) is 1.93. The fraction of sp³-hybridized carbons (Fsp3) is 0.625. The topological polar surface area (TPSA) is 12.0 Å². The van der Waals surface area contributed by atoms with E-state index in [0.29, 0.717) is 5.41 Å². The lowest BCUT2D eigenvalue weighted by Crippen LogP contribution is -2.41. The molecule has 1 fully saturated rings. The van der Waals surface area contributed by atoms with Crippen LogP contribution in [0.5, 0.6) is 0 Å². The van der Waals surface area contributed by atoms with Crippen LogP contribution < -0.4 is 5.32 Å². The first-order chi connectivity index (χ1) is 8.27. The number of likely N-dealkylation sites (N-methyl/N-ethyl adjacent to an activating group) is 1. The lowest BCUT2D eigenvalue weighted by Gasteiger charge is -2.40. The highest BCUT2D eigenvalue weighted by molar-refractivity contribution is 5.26. The van der Waals surface area contributed by atoms with Crippen LogP contribution in [0.3, 0.4) is 0 Å². The van der Waals surface area contributed by atoms with Crippen molar-refractivity contribution in [2.75, 3.05) is 13.1 Å². The van der Waals surface area contributed by atoms with Crippen LogP contribution in [0.2, 0.25) is 0 Å². The van der Waals surface area contributed by atoms with E-state index in [9.17, 15) is 0 Å². The van der Waals surface area contributed by atoms with Crippen molar-refractivity contribution in [3.63, 3.8) is 0 Å². The second kappa shape index (κ2) is 5.68. The van der Waals surface area contributed by atoms with E-state index in [-0.39, 0.29) is 0 Å². The number of nitrogens with one attached hydrogen (secondary N) is 1. The second-order valence-electron chi connectivity index (χ2n) is 5.61. The highest BCUT2D eigenvalue weighted by Crippen LogP contribution is 2.40. The molecule has 2 rings (SSSR count). The number of benzene rings is 1. The maximum Gasteiger partial charge on any atom is 0.00779 e. The standard InChI is InChI=1S/C16H25N/c1-3-17-13-16(11-9-14(2)10-12-16)15-7-5-4-6-8-15/h4-8,14,17H,3,9-13H2,1-2H3. The maximum absolute atomic E-state index is 3.57. The van der Waals surface area contributed by atoms with E-state index in [1.807, 2.05) is 0 Å². The molecule has 0 bridgehead atoms. The molecule has 0 aromatic heterocycles. The highest BCUT2D eigenvalue weighted by Gasteiger charge is 2.35. The Labute approximate surface area is 106 Å². The zero-order chi connectivity index (χ0) is 12.1. The van der Waals surface area contributed by atoms with Crippen molar-refractivity contribution in [2.24, 2.45) is 5.92 Å². The lowest BCUT2D eigenvalue weighted by molar-refractivity contribution is 0.235. The molecule has 1 aliphatic rings. The molecule has 1 heteroatoms. The summed E-state index contributed by atoms with van der Waals surface area (Å²) in [5.74, 6) is 0.911. The predicted molar refractivity (Wildman–Crippen MR) is 74.3 cm³/mol. The first-order valence-corrected chi connectivity index (χ1v) is 7.03. The van der Waals surface area contributed by atoms with Crippen LogP contribution in [-0.4, -0.2) is 13.1 Å². The van der Waals surface area contributed by atoms with Crippen LogP contribution in [0.15, 0.2) is 30.3 Å². The smallest absolute Gasteiger partial charge is 0.00779 e. The van der Waals surface area contributed by atoms with Crippen molar-refractivity contribution in [1.29, 1.82) is 0 Å². The largest absolute Gasteiger partial charge is 0.316 e. The molecule has 0 aliphatic heterocycles. The van der Waals surface area contributed by atoms with E-state index in [0.717, 1.165) is 19.0 Å². The summed E-state index contributed by atoms with van der Waals surface area (Å²) in [6, 6.07) is 11.1. The van der Waals surface area contributed by atoms with E-state index in [2.05, 4.69) is 49.5 Å². The Morgan fingerprint density at radius 3 is 2.41 bits per heavy atom. The van der Waals surface area contributed by atoms with Gasteiger partial charge in [0.25, 0.3) is 0 Å². The third-order valence-corrected chi connectivity index (χ3v) is 4.33. The maximum atomic E-state index is 3.57. The normalized spacial score (nSPS) is 29.2. The van der Waals surface area contributed by atoms with Crippen LogP contribution in [0, 0.1) is 5.92 Å². The van der Waals surface area contributed by atoms with Gasteiger partial charge in [-0.25, -0.2) is 0 Å². The Balaban J connectivity index is 2.18. The summed E-state index contributed by atoms with van der Waals surface area (Å²) in [7, 11) is 0. The fourth-order valence-corrected chi connectivity index (χ4v) is 3.04. The van der Waals surface area contributed by atoms with Gasteiger partial charge < -0.3 is 5.32 Å². The van der Waals surface area contributed by atoms with Gasteiger partial charge in [0.15, 0.2) is 0 Å². The summed E-state index contributed by atoms with van der Waals surface area (Å²) in [5, 5.41) is 3.57. The Bertz CT molecular complexity index is 317. The van der Waals surface area contributed by atoms with Crippen molar-refractivity contribution >= 4 is 0 Å². The minimum Gasteiger partial charge on any atom is -0.316 e. The Hall–Kier alpha value is -0.820. The number of hydrogen-bond donors (Lipinski definition) is 1. The molecule has 0 spiro atoms. The lowest BCUT2D eigenvalue weighted by atomic mass is 9.67. The Morgan fingerprint density at radius 2 is 1.82 bits per heavy atom. The molecule has 17 heavy (non-hydrogen) atoms. The summed E-state index contributed by atoms with van der Waals surface area (Å²) in [6.07, 6.45) is 5.43. The zero-order valence-electron chi connectivity index (χ0n) is 11.2. The van der Waals surface area contributed by atoms with E-state index < -0.39 is 0 Å². The van der Waals surface area contributed by atoms with Crippen LogP contribution >= 0.6 is 0 Å². The molecule has 94 valence electrons. The molecule has 0 atom stereocenters. The van der Waals surface area contributed by atoms with Crippen molar-refractivity contribution in [3.8, 4) is 0 Å². The van der Waals surface area contributed by atoms with E-state index in [4.69, 9.17) is 0 Å². The molecule has 0 radical (unpaired) electrons. The number of rotatable bonds is 4. The quantitative estimate of drug-likeness (QED) is 0.832. The fourth-order valence-electron chi connectivity index (χ4n) is 3.04. The minimum absolute atomic E-state index is 0.393. The molecule has 0 unspecified atom stereocenters. The molecular formula is C16H25N. The zero-order valence-corrected chi connectivity index (χ0v) is 11.2. The molecule has 1 aliphatic carbocycles. The average Bonchev–Trinajstić information content (AvgIpc) is 2.40. The first-order valence-electron chi connectivity index (χ1n) is 7.03. The monoisotopic (exact) mass is 231 g/mol. The van der Waals surface area contributed by atoms with Crippen molar-refractivity contribution in [1.82, 2.24) is 5.32 Å². The summed E-state index contributed by atoms with van der Waals surface area (Å²) in [6.45, 7) is 6.80. The van der Waals surface area contributed by atoms with Gasteiger partial charge in [0, 0.05) is 12.0 Å². The molecule has 0 saturated heterocycles. The van der Waals surface area contributed by atoms with Crippen LogP contribution in [0.25, 0.3) is 0 Å². The van der Waals surface area contributed by atoms with E-state index in [1.165, 1.54) is 31.2 Å². The van der Waals surface area contributed by atoms with Gasteiger partial charge in [0.05, 0.1) is 0 Å². The first kappa shape index (κ1) is 12.6. The van der Waals surface area contributed by atoms with Gasteiger partial charge in [-0.2, -0.15) is 0 Å². The molecule has 0 amide bonds. The molecular weight excluding hydrogens is 206 g/mol. The van der Waals surface area contributed by atoms with Gasteiger partial charge in [0.2, 0.25) is 0 Å². The molecule has 1 nitrogen and oxygen atoms in total. The predicted octanol–water partition coefficient (Wildman–Crippen LogP) is 3.74. The van der Waals surface area contributed by atoms with E-state index >= 15 is 0 Å². The molecule has 1 aromatic carbocycles. The average molecular weight is 231 g/mol. The summed E-state index contributed by atoms with van der Waals surface area (Å²) < 4.78 is 0. The SMILES string of the molecule is CCNCC1(c2ccccc2)CCC(C)CC1. The van der Waals surface area contributed by atoms with Crippen molar-refractivity contribution in [3.05, 3.63) is 35.9 Å². The van der Waals surface area contributed by atoms with E-state index in [1.54, 1.807) is 0 Å². The van der Waals surface area contributed by atoms with Crippen LogP contribution in [-0.2, 0) is 5.41 Å². The third kappa shape index (κ3) is 2.90. The Morgan fingerprint density at radius 1 is 1.18 bits per heavy atom. The molecule has 1 aromatic rings. The molecule has 1 N–H and O–H groups in total. The van der Waals surface area contributed by atoms with Gasteiger partial charge in [-0.05, 0) is 43.7 Å². The van der Waals surface area contributed by atoms with Crippen molar-refractivity contribution in [2.45, 2.75) is 44.9 Å². The summed E-state index contributed by atoms with van der Waals surface area (Å²) in [4.78, 5) is 0. The third-order valence-electron chi connectivity index (χ3n) is 4.33. The molecule has 1 saturated carbocycles. The van der Waals surface area contributed by atoms with Gasteiger partial charge in [0.1, 0.15) is 0 Å². The van der Waals surface area contributed by atoms with Crippen LogP contribution in [0.4, 0.5) is 0 Å². The van der Waals surface area contributed by atoms with Gasteiger partial charge in [-0.15, -0.1) is 0 Å². The second-order valence-corrected chi connectivity index (χ2v) is 5.61. The Kier molecular flexibility index (Phi) is 4.22. The molecule has 0 heterocycles. The van der Waals surface area contributed by atoms with Crippen LogP contribution in [0.1, 0.15) is 45.1 Å².